The van der Waals surface area contributed by atoms with Gasteiger partial charge < -0.3 is 10.1 Å². The third-order valence-electron chi connectivity index (χ3n) is 2.89. The first-order chi connectivity index (χ1) is 10.0. The second kappa shape index (κ2) is 6.75. The number of ether oxygens (including phenoxy) is 1. The van der Waals surface area contributed by atoms with Crippen molar-refractivity contribution in [3.8, 4) is 5.75 Å². The maximum absolute atomic E-state index is 12.1. The Labute approximate surface area is 125 Å². The van der Waals surface area contributed by atoms with E-state index in [1.165, 1.54) is 0 Å². The zero-order valence-corrected chi connectivity index (χ0v) is 12.3. The van der Waals surface area contributed by atoms with Crippen molar-refractivity contribution in [2.24, 2.45) is 0 Å². The van der Waals surface area contributed by atoms with Crippen molar-refractivity contribution in [2.45, 2.75) is 13.8 Å². The number of amides is 1. The number of hydrogen-bond acceptors (Lipinski definition) is 2. The molecular weight excluding hydrogens is 262 g/mol. The Balaban J connectivity index is 2.05. The fraction of sp³-hybridized carbons (Fsp3) is 0.167. The predicted octanol–water partition coefficient (Wildman–Crippen LogP) is 4.20. The summed E-state index contributed by atoms with van der Waals surface area (Å²) in [5.41, 5.74) is 3.42. The number of aryl methyl sites for hydroxylation is 1. The van der Waals surface area contributed by atoms with Crippen molar-refractivity contribution >= 4 is 11.6 Å². The molecule has 108 valence electrons. The zero-order valence-electron chi connectivity index (χ0n) is 12.3. The number of nitrogens with one attached hydrogen (secondary N) is 1. The molecule has 0 aliphatic rings. The normalized spacial score (nSPS) is 10.0. The van der Waals surface area contributed by atoms with E-state index in [1.807, 2.05) is 56.3 Å². The molecule has 2 aromatic carbocycles. The second-order valence-corrected chi connectivity index (χ2v) is 5.09. The summed E-state index contributed by atoms with van der Waals surface area (Å²) in [4.78, 5) is 12.1. The van der Waals surface area contributed by atoms with Crippen LogP contribution in [0.4, 0.5) is 5.69 Å². The smallest absolute Gasteiger partial charge is 0.255 e. The number of hydrogen-bond donors (Lipinski definition) is 1. The molecular formula is C18H19NO2. The monoisotopic (exact) mass is 281 g/mol. The van der Waals surface area contributed by atoms with Crippen molar-refractivity contribution in [3.63, 3.8) is 0 Å². The van der Waals surface area contributed by atoms with Gasteiger partial charge in [0, 0.05) is 17.3 Å². The average Bonchev–Trinajstić information content (AvgIpc) is 2.46. The molecule has 0 aromatic heterocycles. The van der Waals surface area contributed by atoms with Gasteiger partial charge >= 0.3 is 0 Å². The molecule has 3 nitrogen and oxygen atoms in total. The highest BCUT2D eigenvalue weighted by atomic mass is 16.5. The largest absolute Gasteiger partial charge is 0.489 e. The fourth-order valence-electron chi connectivity index (χ4n) is 1.78. The maximum Gasteiger partial charge on any atom is 0.255 e. The van der Waals surface area contributed by atoms with E-state index < -0.39 is 0 Å². The van der Waals surface area contributed by atoms with Gasteiger partial charge in [0.05, 0.1) is 0 Å². The highest BCUT2D eigenvalue weighted by molar-refractivity contribution is 6.04. The highest BCUT2D eigenvalue weighted by Crippen LogP contribution is 2.18. The van der Waals surface area contributed by atoms with Crippen molar-refractivity contribution in [1.82, 2.24) is 0 Å². The molecule has 0 unspecified atom stereocenters. The van der Waals surface area contributed by atoms with E-state index >= 15 is 0 Å². The van der Waals surface area contributed by atoms with Gasteiger partial charge in [0.15, 0.2) is 0 Å². The van der Waals surface area contributed by atoms with Crippen molar-refractivity contribution in [1.29, 1.82) is 0 Å². The lowest BCUT2D eigenvalue weighted by Crippen LogP contribution is -2.11. The van der Waals surface area contributed by atoms with Gasteiger partial charge in [-0.15, -0.1) is 0 Å². The fourth-order valence-corrected chi connectivity index (χ4v) is 1.78. The first-order valence-corrected chi connectivity index (χ1v) is 6.80. The lowest BCUT2D eigenvalue weighted by molar-refractivity contribution is 0.102. The quantitative estimate of drug-likeness (QED) is 0.834. The van der Waals surface area contributed by atoms with Crippen LogP contribution in [0.3, 0.4) is 0 Å². The van der Waals surface area contributed by atoms with E-state index in [0.29, 0.717) is 23.6 Å². The molecule has 0 spiro atoms. The Hall–Kier alpha value is -2.55. The Morgan fingerprint density at radius 3 is 2.57 bits per heavy atom. The standard InChI is InChI=1S/C18H19NO2/c1-13(2)12-21-17-6-4-5-16(11-17)19-18(20)15-9-7-14(3)8-10-15/h4-11H,1,12H2,2-3H3,(H,19,20). The summed E-state index contributed by atoms with van der Waals surface area (Å²) in [6.07, 6.45) is 0. The summed E-state index contributed by atoms with van der Waals surface area (Å²) < 4.78 is 5.56. The summed E-state index contributed by atoms with van der Waals surface area (Å²) in [6, 6.07) is 14.8. The molecule has 0 aliphatic heterocycles. The minimum atomic E-state index is -0.132. The average molecular weight is 281 g/mol. The van der Waals surface area contributed by atoms with E-state index in [9.17, 15) is 4.79 Å². The van der Waals surface area contributed by atoms with Crippen molar-refractivity contribution in [3.05, 3.63) is 71.8 Å². The minimum absolute atomic E-state index is 0.132. The highest BCUT2D eigenvalue weighted by Gasteiger charge is 2.06. The number of anilines is 1. The molecule has 1 amide bonds. The Kier molecular flexibility index (Phi) is 4.77. The summed E-state index contributed by atoms with van der Waals surface area (Å²) in [7, 11) is 0. The zero-order chi connectivity index (χ0) is 15.2. The van der Waals surface area contributed by atoms with E-state index in [-0.39, 0.29) is 5.91 Å². The Bertz CT molecular complexity index is 645. The number of rotatable bonds is 5. The van der Waals surface area contributed by atoms with Crippen LogP contribution in [0.25, 0.3) is 0 Å². The van der Waals surface area contributed by atoms with E-state index in [0.717, 1.165) is 11.1 Å². The number of carbonyl (C=O) groups excluding carboxylic acids is 1. The molecule has 0 atom stereocenters. The summed E-state index contributed by atoms with van der Waals surface area (Å²) in [5, 5.41) is 2.86. The minimum Gasteiger partial charge on any atom is -0.489 e. The van der Waals surface area contributed by atoms with Crippen LogP contribution in [0.2, 0.25) is 0 Å². The molecule has 0 saturated heterocycles. The van der Waals surface area contributed by atoms with Gasteiger partial charge in [0.1, 0.15) is 12.4 Å². The van der Waals surface area contributed by atoms with Crippen LogP contribution in [0.15, 0.2) is 60.7 Å². The maximum atomic E-state index is 12.1. The molecule has 2 aromatic rings. The summed E-state index contributed by atoms with van der Waals surface area (Å²) in [5.74, 6) is 0.576. The summed E-state index contributed by atoms with van der Waals surface area (Å²) >= 11 is 0. The third kappa shape index (κ3) is 4.49. The summed E-state index contributed by atoms with van der Waals surface area (Å²) in [6.45, 7) is 8.16. The Morgan fingerprint density at radius 2 is 1.90 bits per heavy atom. The molecule has 21 heavy (non-hydrogen) atoms. The van der Waals surface area contributed by atoms with Crippen LogP contribution in [0.5, 0.6) is 5.75 Å². The van der Waals surface area contributed by atoms with Gasteiger partial charge in [-0.3, -0.25) is 4.79 Å². The van der Waals surface area contributed by atoms with E-state index in [2.05, 4.69) is 11.9 Å². The van der Waals surface area contributed by atoms with Gasteiger partial charge in [0.25, 0.3) is 5.91 Å². The Morgan fingerprint density at radius 1 is 1.19 bits per heavy atom. The molecule has 2 rings (SSSR count). The van der Waals surface area contributed by atoms with Crippen LogP contribution in [0.1, 0.15) is 22.8 Å². The first kappa shape index (κ1) is 14.9. The second-order valence-electron chi connectivity index (χ2n) is 5.09. The SMILES string of the molecule is C=C(C)COc1cccc(NC(=O)c2ccc(C)cc2)c1. The van der Waals surface area contributed by atoms with Gasteiger partial charge in [-0.25, -0.2) is 0 Å². The van der Waals surface area contributed by atoms with Gasteiger partial charge in [-0.1, -0.05) is 30.3 Å². The number of carbonyl (C=O) groups is 1. The molecule has 0 radical (unpaired) electrons. The van der Waals surface area contributed by atoms with E-state index in [1.54, 1.807) is 6.07 Å². The van der Waals surface area contributed by atoms with Crippen LogP contribution < -0.4 is 10.1 Å². The van der Waals surface area contributed by atoms with Gasteiger partial charge in [-0.05, 0) is 43.7 Å². The molecule has 1 N–H and O–H groups in total. The predicted molar refractivity (Wildman–Crippen MR) is 85.9 cm³/mol. The molecule has 3 heteroatoms. The molecule has 0 aliphatic carbocycles. The lowest BCUT2D eigenvalue weighted by atomic mass is 10.1. The van der Waals surface area contributed by atoms with Crippen LogP contribution in [-0.4, -0.2) is 12.5 Å². The number of benzene rings is 2. The van der Waals surface area contributed by atoms with Crippen LogP contribution >= 0.6 is 0 Å². The van der Waals surface area contributed by atoms with Gasteiger partial charge in [-0.2, -0.15) is 0 Å². The first-order valence-electron chi connectivity index (χ1n) is 6.80. The van der Waals surface area contributed by atoms with Gasteiger partial charge in [0.2, 0.25) is 0 Å². The van der Waals surface area contributed by atoms with E-state index in [4.69, 9.17) is 4.74 Å². The molecule has 0 saturated carbocycles. The van der Waals surface area contributed by atoms with Crippen LogP contribution in [0, 0.1) is 6.92 Å². The van der Waals surface area contributed by atoms with Crippen LogP contribution in [-0.2, 0) is 0 Å². The molecule has 0 fully saturated rings. The van der Waals surface area contributed by atoms with Crippen molar-refractivity contribution in [2.75, 3.05) is 11.9 Å². The molecule has 0 bridgehead atoms. The third-order valence-corrected chi connectivity index (χ3v) is 2.89. The topological polar surface area (TPSA) is 38.3 Å². The van der Waals surface area contributed by atoms with Crippen molar-refractivity contribution < 1.29 is 9.53 Å². The molecule has 0 heterocycles. The lowest BCUT2D eigenvalue weighted by Gasteiger charge is -2.09.